The molecule has 4 rings (SSSR count). The summed E-state index contributed by atoms with van der Waals surface area (Å²) in [6.45, 7) is 4.53. The zero-order chi connectivity index (χ0) is 12.3. The van der Waals surface area contributed by atoms with Crippen molar-refractivity contribution in [3.8, 4) is 0 Å². The van der Waals surface area contributed by atoms with Gasteiger partial charge in [-0.1, -0.05) is 36.4 Å². The monoisotopic (exact) mass is 270 g/mol. The van der Waals surface area contributed by atoms with Gasteiger partial charge in [0.2, 0.25) is 0 Å². The summed E-state index contributed by atoms with van der Waals surface area (Å²) in [7, 11) is 0. The Bertz CT molecular complexity index is 705. The van der Waals surface area contributed by atoms with Gasteiger partial charge in [0.15, 0.2) is 0 Å². The minimum atomic E-state index is 0.231. The standard InChI is InChI=1S/C16H14S2/c1-10-6-7-11-13(9-10)17-15-12-5-3-4-8-16(12,2)18-14(11)15/h3-9,12H,1-2H3. The molecule has 1 aliphatic carbocycles. The Morgan fingerprint density at radius 1 is 1.22 bits per heavy atom. The van der Waals surface area contributed by atoms with E-state index in [0.29, 0.717) is 5.92 Å². The fourth-order valence-electron chi connectivity index (χ4n) is 2.89. The Morgan fingerprint density at radius 3 is 3.00 bits per heavy atom. The summed E-state index contributed by atoms with van der Waals surface area (Å²) in [4.78, 5) is 3.07. The van der Waals surface area contributed by atoms with Crippen molar-refractivity contribution in [2.45, 2.75) is 29.4 Å². The summed E-state index contributed by atoms with van der Waals surface area (Å²) in [6, 6.07) is 6.84. The second-order valence-electron chi connectivity index (χ2n) is 5.30. The molecule has 1 aromatic carbocycles. The molecule has 0 saturated heterocycles. The predicted molar refractivity (Wildman–Crippen MR) is 81.8 cm³/mol. The van der Waals surface area contributed by atoms with Gasteiger partial charge in [0.05, 0.1) is 0 Å². The Balaban J connectivity index is 1.98. The number of thioether (sulfide) groups is 1. The van der Waals surface area contributed by atoms with Crippen LogP contribution in [0.3, 0.4) is 0 Å². The lowest BCUT2D eigenvalue weighted by molar-refractivity contribution is 0.712. The molecule has 0 radical (unpaired) electrons. The lowest BCUT2D eigenvalue weighted by Gasteiger charge is -2.27. The van der Waals surface area contributed by atoms with Gasteiger partial charge in [-0.3, -0.25) is 0 Å². The molecule has 1 aliphatic heterocycles. The van der Waals surface area contributed by atoms with Crippen LogP contribution in [0.5, 0.6) is 0 Å². The predicted octanol–water partition coefficient (Wildman–Crippen LogP) is 5.28. The number of thiophene rings is 1. The van der Waals surface area contributed by atoms with E-state index in [1.54, 1.807) is 4.88 Å². The van der Waals surface area contributed by atoms with Gasteiger partial charge in [-0.2, -0.15) is 0 Å². The first kappa shape index (κ1) is 10.9. The molecular weight excluding hydrogens is 256 g/mol. The molecule has 0 nitrogen and oxygen atoms in total. The number of hydrogen-bond donors (Lipinski definition) is 0. The maximum absolute atomic E-state index is 2.36. The number of benzene rings is 1. The molecule has 90 valence electrons. The van der Waals surface area contributed by atoms with Crippen LogP contribution in [0.25, 0.3) is 10.1 Å². The second kappa shape index (κ2) is 3.52. The Labute approximate surface area is 115 Å². The maximum Gasteiger partial charge on any atom is 0.0473 e. The highest BCUT2D eigenvalue weighted by atomic mass is 32.2. The van der Waals surface area contributed by atoms with Crippen molar-refractivity contribution in [2.75, 3.05) is 0 Å². The van der Waals surface area contributed by atoms with Gasteiger partial charge in [-0.15, -0.1) is 23.1 Å². The fourth-order valence-corrected chi connectivity index (χ4v) is 6.12. The quantitative estimate of drug-likeness (QED) is 0.627. The largest absolute Gasteiger partial charge is 0.138 e. The summed E-state index contributed by atoms with van der Waals surface area (Å²) in [5.74, 6) is 0.556. The third-order valence-electron chi connectivity index (χ3n) is 3.89. The highest BCUT2D eigenvalue weighted by molar-refractivity contribution is 8.01. The zero-order valence-electron chi connectivity index (χ0n) is 10.4. The van der Waals surface area contributed by atoms with Crippen molar-refractivity contribution in [2.24, 2.45) is 0 Å². The summed E-state index contributed by atoms with van der Waals surface area (Å²) in [5, 5.41) is 1.45. The van der Waals surface area contributed by atoms with Crippen molar-refractivity contribution in [1.29, 1.82) is 0 Å². The topological polar surface area (TPSA) is 0 Å². The van der Waals surface area contributed by atoms with Crippen LogP contribution in [0.15, 0.2) is 47.4 Å². The van der Waals surface area contributed by atoms with E-state index in [0.717, 1.165) is 0 Å². The van der Waals surface area contributed by atoms with E-state index in [1.807, 2.05) is 23.1 Å². The van der Waals surface area contributed by atoms with Crippen LogP contribution in [0.1, 0.15) is 23.3 Å². The molecule has 0 fully saturated rings. The average Bonchev–Trinajstić information content (AvgIpc) is 2.80. The van der Waals surface area contributed by atoms with E-state index in [1.165, 1.54) is 20.5 Å². The van der Waals surface area contributed by atoms with Crippen molar-refractivity contribution < 1.29 is 0 Å². The fraction of sp³-hybridized carbons (Fsp3) is 0.250. The van der Waals surface area contributed by atoms with Gasteiger partial charge in [-0.05, 0) is 25.5 Å². The van der Waals surface area contributed by atoms with Crippen molar-refractivity contribution in [1.82, 2.24) is 0 Å². The van der Waals surface area contributed by atoms with E-state index < -0.39 is 0 Å². The molecule has 1 aromatic heterocycles. The third kappa shape index (κ3) is 1.33. The number of rotatable bonds is 0. The van der Waals surface area contributed by atoms with Gasteiger partial charge >= 0.3 is 0 Å². The van der Waals surface area contributed by atoms with Crippen LogP contribution in [-0.4, -0.2) is 4.75 Å². The number of allylic oxidation sites excluding steroid dienone is 3. The molecule has 2 heteroatoms. The van der Waals surface area contributed by atoms with Crippen LogP contribution < -0.4 is 0 Å². The Morgan fingerprint density at radius 2 is 2.11 bits per heavy atom. The summed E-state index contributed by atoms with van der Waals surface area (Å²) in [6.07, 6.45) is 9.10. The van der Waals surface area contributed by atoms with Crippen LogP contribution in [-0.2, 0) is 0 Å². The maximum atomic E-state index is 2.36. The van der Waals surface area contributed by atoms with Gasteiger partial charge in [-0.25, -0.2) is 0 Å². The summed E-state index contributed by atoms with van der Waals surface area (Å²) >= 11 is 4.02. The first-order valence-corrected chi connectivity index (χ1v) is 7.89. The van der Waals surface area contributed by atoms with Crippen molar-refractivity contribution in [3.05, 3.63) is 52.9 Å². The van der Waals surface area contributed by atoms with Crippen LogP contribution in [0, 0.1) is 6.92 Å². The normalized spacial score (nSPS) is 28.7. The Hall–Kier alpha value is -0.990. The van der Waals surface area contributed by atoms with E-state index in [9.17, 15) is 0 Å². The minimum absolute atomic E-state index is 0.231. The van der Waals surface area contributed by atoms with Gasteiger partial charge in [0.1, 0.15) is 0 Å². The van der Waals surface area contributed by atoms with Crippen LogP contribution in [0.2, 0.25) is 0 Å². The smallest absolute Gasteiger partial charge is 0.0473 e. The molecule has 2 aromatic rings. The average molecular weight is 270 g/mol. The third-order valence-corrected chi connectivity index (χ3v) is 6.73. The number of aryl methyl sites for hydroxylation is 1. The van der Waals surface area contributed by atoms with Crippen LogP contribution >= 0.6 is 23.1 Å². The minimum Gasteiger partial charge on any atom is -0.138 e. The highest BCUT2D eigenvalue weighted by Gasteiger charge is 2.43. The molecule has 2 heterocycles. The van der Waals surface area contributed by atoms with E-state index in [2.05, 4.69) is 56.4 Å². The Kier molecular flexibility index (Phi) is 2.13. The van der Waals surface area contributed by atoms with E-state index >= 15 is 0 Å². The molecule has 0 amide bonds. The SMILES string of the molecule is Cc1ccc2c3c(sc2c1)C1C=CC=CC1(C)S3. The lowest BCUT2D eigenvalue weighted by atomic mass is 9.88. The molecule has 0 N–H and O–H groups in total. The van der Waals surface area contributed by atoms with Gasteiger partial charge < -0.3 is 0 Å². The second-order valence-corrected chi connectivity index (χ2v) is 7.88. The molecule has 2 atom stereocenters. The van der Waals surface area contributed by atoms with E-state index in [-0.39, 0.29) is 4.75 Å². The lowest BCUT2D eigenvalue weighted by Crippen LogP contribution is -2.21. The summed E-state index contributed by atoms with van der Waals surface area (Å²) < 4.78 is 1.67. The first-order valence-electron chi connectivity index (χ1n) is 6.25. The van der Waals surface area contributed by atoms with E-state index in [4.69, 9.17) is 0 Å². The highest BCUT2D eigenvalue weighted by Crippen LogP contribution is 2.60. The molecule has 0 saturated carbocycles. The van der Waals surface area contributed by atoms with Gasteiger partial charge in [0.25, 0.3) is 0 Å². The zero-order valence-corrected chi connectivity index (χ0v) is 12.1. The first-order chi connectivity index (χ1) is 8.67. The molecule has 0 bridgehead atoms. The molecule has 18 heavy (non-hydrogen) atoms. The summed E-state index contributed by atoms with van der Waals surface area (Å²) in [5.41, 5.74) is 1.36. The van der Waals surface area contributed by atoms with Crippen molar-refractivity contribution >= 4 is 33.2 Å². The van der Waals surface area contributed by atoms with Crippen molar-refractivity contribution in [3.63, 3.8) is 0 Å². The van der Waals surface area contributed by atoms with Crippen LogP contribution in [0.4, 0.5) is 0 Å². The van der Waals surface area contributed by atoms with Gasteiger partial charge in [0, 0.05) is 30.5 Å². The number of hydrogen-bond acceptors (Lipinski definition) is 2. The molecule has 0 spiro atoms. The molecule has 2 unspecified atom stereocenters. The molecule has 2 aliphatic rings. The molecular formula is C16H14S2. The number of fused-ring (bicyclic) bond motifs is 5.